The lowest BCUT2D eigenvalue weighted by Gasteiger charge is -2.60. The monoisotopic (exact) mass is 418 g/mol. The van der Waals surface area contributed by atoms with Crippen molar-refractivity contribution in [2.24, 2.45) is 34.5 Å². The lowest BCUT2D eigenvalue weighted by Crippen LogP contribution is -2.53. The molecule has 31 heavy (non-hydrogen) atoms. The minimum absolute atomic E-state index is 0.108. The van der Waals surface area contributed by atoms with Gasteiger partial charge in [0.05, 0.1) is 0 Å². The predicted octanol–water partition coefficient (Wildman–Crippen LogP) is 7.21. The zero-order valence-corrected chi connectivity index (χ0v) is 19.5. The lowest BCUT2D eigenvalue weighted by molar-refractivity contribution is -0.158. The highest BCUT2D eigenvalue weighted by Crippen LogP contribution is 2.66. The molecule has 4 aliphatic carbocycles. The van der Waals surface area contributed by atoms with E-state index < -0.39 is 0 Å². The van der Waals surface area contributed by atoms with E-state index in [4.69, 9.17) is 4.74 Å². The molecule has 0 aromatic heterocycles. The van der Waals surface area contributed by atoms with Crippen LogP contribution in [-0.4, -0.2) is 12.1 Å². The molecule has 2 heteroatoms. The molecule has 0 amide bonds. The largest absolute Gasteiger partial charge is 0.463 e. The second-order valence-corrected chi connectivity index (χ2v) is 11.3. The molecule has 3 fully saturated rings. The third-order valence-corrected chi connectivity index (χ3v) is 9.85. The first kappa shape index (κ1) is 21.0. The van der Waals surface area contributed by atoms with Gasteiger partial charge in [0.1, 0.15) is 6.10 Å². The highest BCUT2D eigenvalue weighted by atomic mass is 16.5. The van der Waals surface area contributed by atoms with E-state index in [1.54, 1.807) is 12.5 Å². The summed E-state index contributed by atoms with van der Waals surface area (Å²) in [6.45, 7) is 6.69. The van der Waals surface area contributed by atoms with E-state index >= 15 is 0 Å². The predicted molar refractivity (Wildman–Crippen MR) is 126 cm³/mol. The molecule has 2 nitrogen and oxygen atoms in total. The van der Waals surface area contributed by atoms with Crippen LogP contribution in [0.15, 0.2) is 48.1 Å². The fourth-order valence-electron chi connectivity index (χ4n) is 8.17. The third-order valence-electron chi connectivity index (χ3n) is 9.85. The van der Waals surface area contributed by atoms with E-state index in [2.05, 4.69) is 62.4 Å². The van der Waals surface area contributed by atoms with Crippen LogP contribution in [0, 0.1) is 34.5 Å². The molecule has 0 N–H and O–H groups in total. The zero-order chi connectivity index (χ0) is 21.6. The molecule has 4 aliphatic rings. The number of ether oxygens (including phenoxy) is 1. The second kappa shape index (κ2) is 7.94. The van der Waals surface area contributed by atoms with Crippen LogP contribution in [0.3, 0.4) is 0 Å². The minimum Gasteiger partial charge on any atom is -0.463 e. The van der Waals surface area contributed by atoms with Crippen LogP contribution >= 0.6 is 0 Å². The normalized spacial score (nSPS) is 41.8. The molecule has 0 unspecified atom stereocenters. The molecule has 0 radical (unpaired) electrons. The van der Waals surface area contributed by atoms with Crippen LogP contribution in [0.5, 0.6) is 0 Å². The van der Waals surface area contributed by atoms with Crippen molar-refractivity contribution in [1.82, 2.24) is 0 Å². The number of hydrogen-bond donors (Lipinski definition) is 0. The highest BCUT2D eigenvalue weighted by Gasteiger charge is 2.58. The van der Waals surface area contributed by atoms with Crippen molar-refractivity contribution < 1.29 is 9.53 Å². The number of rotatable bonds is 3. The van der Waals surface area contributed by atoms with E-state index in [0.29, 0.717) is 10.8 Å². The van der Waals surface area contributed by atoms with Crippen LogP contribution < -0.4 is 0 Å². The number of allylic oxidation sites excluding steroid dienone is 3. The van der Waals surface area contributed by atoms with Crippen molar-refractivity contribution in [1.29, 1.82) is 0 Å². The average molecular weight is 419 g/mol. The maximum Gasteiger partial charge on any atom is 0.302 e. The third kappa shape index (κ3) is 3.60. The first-order valence-electron chi connectivity index (χ1n) is 12.5. The van der Waals surface area contributed by atoms with Crippen LogP contribution in [0.25, 0.3) is 6.08 Å². The number of carbonyl (C=O) groups is 1. The number of esters is 1. The Kier molecular flexibility index (Phi) is 5.39. The summed E-state index contributed by atoms with van der Waals surface area (Å²) in [5, 5.41) is 0. The van der Waals surface area contributed by atoms with Crippen molar-refractivity contribution in [3.05, 3.63) is 53.6 Å². The Labute approximate surface area is 188 Å². The van der Waals surface area contributed by atoms with Gasteiger partial charge in [-0.05, 0) is 97.0 Å². The summed E-state index contributed by atoms with van der Waals surface area (Å²) in [4.78, 5) is 11.5. The first-order valence-corrected chi connectivity index (χ1v) is 12.5. The van der Waals surface area contributed by atoms with Crippen LogP contribution in [-0.2, 0) is 9.53 Å². The number of hydrogen-bond acceptors (Lipinski definition) is 2. The maximum absolute atomic E-state index is 11.5. The summed E-state index contributed by atoms with van der Waals surface area (Å²) in [6.07, 6.45) is 17.4. The molecule has 0 bridgehead atoms. The Balaban J connectivity index is 1.32. The van der Waals surface area contributed by atoms with Crippen LogP contribution in [0.2, 0.25) is 0 Å². The number of fused-ring (bicyclic) bond motifs is 5. The summed E-state index contributed by atoms with van der Waals surface area (Å²) < 4.78 is 5.63. The molecule has 166 valence electrons. The number of carbonyl (C=O) groups excluding carboxylic acids is 1. The topological polar surface area (TPSA) is 26.3 Å². The summed E-state index contributed by atoms with van der Waals surface area (Å²) in [5.74, 6) is 3.11. The average Bonchev–Trinajstić information content (AvgIpc) is 3.09. The Morgan fingerprint density at radius 2 is 1.81 bits per heavy atom. The van der Waals surface area contributed by atoms with Gasteiger partial charge in [0.15, 0.2) is 0 Å². The zero-order valence-electron chi connectivity index (χ0n) is 19.5. The number of benzene rings is 1. The molecule has 0 aliphatic heterocycles. The Hall–Kier alpha value is -1.83. The van der Waals surface area contributed by atoms with Crippen molar-refractivity contribution >= 4 is 12.0 Å². The lowest BCUT2D eigenvalue weighted by atomic mass is 9.44. The molecule has 5 rings (SSSR count). The Bertz CT molecular complexity index is 883. The van der Waals surface area contributed by atoms with Gasteiger partial charge in [-0.2, -0.15) is 0 Å². The van der Waals surface area contributed by atoms with Gasteiger partial charge in [0.25, 0.3) is 0 Å². The van der Waals surface area contributed by atoms with E-state index in [0.717, 1.165) is 36.5 Å². The molecule has 7 atom stereocenters. The summed E-state index contributed by atoms with van der Waals surface area (Å²) in [6, 6.07) is 10.7. The summed E-state index contributed by atoms with van der Waals surface area (Å²) in [7, 11) is 0. The van der Waals surface area contributed by atoms with Gasteiger partial charge in [-0.25, -0.2) is 0 Å². The maximum atomic E-state index is 11.5. The van der Waals surface area contributed by atoms with Crippen molar-refractivity contribution in [3.63, 3.8) is 0 Å². The van der Waals surface area contributed by atoms with Crippen LogP contribution in [0.4, 0.5) is 0 Å². The smallest absolute Gasteiger partial charge is 0.302 e. The fraction of sp³-hybridized carbons (Fsp3) is 0.621. The molecule has 1 aromatic carbocycles. The molecule has 0 spiro atoms. The molecule has 0 saturated heterocycles. The molecular formula is C29H38O2. The van der Waals surface area contributed by atoms with Crippen LogP contribution in [0.1, 0.15) is 77.7 Å². The highest BCUT2D eigenvalue weighted by molar-refractivity contribution is 5.66. The second-order valence-electron chi connectivity index (χ2n) is 11.3. The fourth-order valence-corrected chi connectivity index (χ4v) is 8.17. The van der Waals surface area contributed by atoms with Gasteiger partial charge in [-0.15, -0.1) is 0 Å². The van der Waals surface area contributed by atoms with Gasteiger partial charge in [0, 0.05) is 6.92 Å². The standard InChI is InChI=1S/C29H38O2/c1-20(30)31-24-15-17-29(3)23(19-24)11-13-25-26-14-12-22(28(26,2)18-16-27(25)29)10-9-21-7-5-4-6-8-21/h4-10,12,23-27H,11,13-19H2,1-3H3/t23-,24-,25+,26-,27+,28+,29-/m1/s1. The van der Waals surface area contributed by atoms with Crippen molar-refractivity contribution in [2.45, 2.75) is 78.2 Å². The van der Waals surface area contributed by atoms with Gasteiger partial charge in [-0.3, -0.25) is 4.79 Å². The molecular weight excluding hydrogens is 380 g/mol. The molecule has 0 heterocycles. The van der Waals surface area contributed by atoms with E-state index in [1.165, 1.54) is 44.1 Å². The van der Waals surface area contributed by atoms with E-state index in [-0.39, 0.29) is 12.1 Å². The SMILES string of the molecule is CC(=O)O[C@@H]1CC[C@]2(C)[C@H](CC[C@H]3[C@H]4CC=C(C=Cc5ccccc5)[C@]4(C)CC[C@@H]32)C1. The first-order chi connectivity index (χ1) is 14.9. The van der Waals surface area contributed by atoms with Crippen molar-refractivity contribution in [2.75, 3.05) is 0 Å². The Morgan fingerprint density at radius 3 is 2.58 bits per heavy atom. The van der Waals surface area contributed by atoms with Crippen molar-refractivity contribution in [3.8, 4) is 0 Å². The van der Waals surface area contributed by atoms with E-state index in [1.807, 2.05) is 0 Å². The molecule has 3 saturated carbocycles. The molecule has 1 aromatic rings. The van der Waals surface area contributed by atoms with E-state index in [9.17, 15) is 4.79 Å². The van der Waals surface area contributed by atoms with Gasteiger partial charge >= 0.3 is 5.97 Å². The van der Waals surface area contributed by atoms with Gasteiger partial charge in [-0.1, -0.05) is 62.4 Å². The van der Waals surface area contributed by atoms with Gasteiger partial charge in [0.2, 0.25) is 0 Å². The quantitative estimate of drug-likeness (QED) is 0.485. The van der Waals surface area contributed by atoms with Gasteiger partial charge < -0.3 is 4.74 Å². The Morgan fingerprint density at radius 1 is 1.00 bits per heavy atom. The minimum atomic E-state index is -0.108. The summed E-state index contributed by atoms with van der Waals surface area (Å²) in [5.41, 5.74) is 3.64. The summed E-state index contributed by atoms with van der Waals surface area (Å²) >= 11 is 0.